The Morgan fingerprint density at radius 2 is 1.25 bits per heavy atom. The maximum atomic E-state index is 14.9. The van der Waals surface area contributed by atoms with Gasteiger partial charge in [0.05, 0.1) is 9.58 Å². The molecule has 0 bridgehead atoms. The summed E-state index contributed by atoms with van der Waals surface area (Å²) < 4.78 is 30.8. The molecule has 0 aliphatic rings. The zero-order chi connectivity index (χ0) is 24.9. The second kappa shape index (κ2) is 7.89. The van der Waals surface area contributed by atoms with Crippen LogP contribution >= 0.6 is 45.3 Å². The largest absolute Gasteiger partial charge is 0.461 e. The van der Waals surface area contributed by atoms with E-state index in [4.69, 9.17) is 8.83 Å². The Morgan fingerprint density at radius 1 is 0.639 bits per heavy atom. The molecule has 2 nitrogen and oxygen atoms in total. The second-order valence-electron chi connectivity index (χ2n) is 9.19. The number of benzene rings is 1. The van der Waals surface area contributed by atoms with E-state index in [1.807, 2.05) is 39.8 Å². The maximum Gasteiger partial charge on any atom is 0.145 e. The van der Waals surface area contributed by atoms with E-state index in [2.05, 4.69) is 31.2 Å². The Kier molecular flexibility index (Phi) is 4.93. The predicted molar refractivity (Wildman–Crippen MR) is 155 cm³/mol. The topological polar surface area (TPSA) is 26.3 Å². The van der Waals surface area contributed by atoms with Gasteiger partial charge in [-0.1, -0.05) is 0 Å². The summed E-state index contributed by atoms with van der Waals surface area (Å²) >= 11 is 6.79. The molecule has 0 N–H and O–H groups in total. The lowest BCUT2D eigenvalue weighted by atomic mass is 9.98. The summed E-state index contributed by atoms with van der Waals surface area (Å²) in [5.74, 6) is 3.37. The first kappa shape index (κ1) is 22.5. The molecule has 0 unspecified atom stereocenters. The molecule has 0 saturated heterocycles. The second-order valence-corrected chi connectivity index (χ2v) is 13.9. The summed E-state index contributed by atoms with van der Waals surface area (Å²) in [4.78, 5) is 5.34. The molecule has 0 spiro atoms. The van der Waals surface area contributed by atoms with Gasteiger partial charge in [-0.15, -0.1) is 45.3 Å². The van der Waals surface area contributed by atoms with Gasteiger partial charge in [0.15, 0.2) is 0 Å². The summed E-state index contributed by atoms with van der Waals surface area (Å²) in [6.07, 6.45) is 0. The average molecular weight is 549 g/mol. The van der Waals surface area contributed by atoms with Crippen LogP contribution in [0.4, 0.5) is 4.39 Å². The van der Waals surface area contributed by atoms with Crippen molar-refractivity contribution in [3.63, 3.8) is 0 Å². The fourth-order valence-corrected chi connectivity index (χ4v) is 9.92. The number of hydrogen-bond acceptors (Lipinski definition) is 6. The lowest BCUT2D eigenvalue weighted by Gasteiger charge is -2.10. The van der Waals surface area contributed by atoms with Gasteiger partial charge in [-0.3, -0.25) is 0 Å². The van der Waals surface area contributed by atoms with Crippen LogP contribution in [-0.4, -0.2) is 0 Å². The van der Waals surface area contributed by atoms with Crippen LogP contribution < -0.4 is 0 Å². The number of furan rings is 2. The Balaban J connectivity index is 1.63. The first-order valence-corrected chi connectivity index (χ1v) is 14.9. The summed E-state index contributed by atoms with van der Waals surface area (Å²) in [7, 11) is 0. The fourth-order valence-electron chi connectivity index (χ4n) is 5.04. The molecule has 1 aromatic carbocycles. The van der Waals surface area contributed by atoms with Gasteiger partial charge in [0.2, 0.25) is 0 Å². The van der Waals surface area contributed by atoms with Crippen molar-refractivity contribution in [2.45, 2.75) is 34.6 Å². The molecule has 36 heavy (non-hydrogen) atoms. The first-order chi connectivity index (χ1) is 17.3. The van der Waals surface area contributed by atoms with Crippen molar-refractivity contribution < 1.29 is 13.2 Å². The van der Waals surface area contributed by atoms with E-state index < -0.39 is 0 Å². The third-order valence-electron chi connectivity index (χ3n) is 6.60. The smallest absolute Gasteiger partial charge is 0.145 e. The minimum absolute atomic E-state index is 0.0748. The van der Waals surface area contributed by atoms with Gasteiger partial charge < -0.3 is 8.83 Å². The molecule has 0 saturated carbocycles. The molecular weight excluding hydrogens is 528 g/mol. The predicted octanol–water partition coefficient (Wildman–Crippen LogP) is 11.3. The molecule has 7 aromatic rings. The Morgan fingerprint density at radius 3 is 1.86 bits per heavy atom. The third-order valence-corrected chi connectivity index (χ3v) is 11.3. The van der Waals surface area contributed by atoms with Gasteiger partial charge in [0.1, 0.15) is 28.9 Å². The molecular formula is C29H21FO2S4. The minimum Gasteiger partial charge on any atom is -0.461 e. The van der Waals surface area contributed by atoms with Crippen molar-refractivity contribution in [2.75, 3.05) is 0 Å². The van der Waals surface area contributed by atoms with Crippen molar-refractivity contribution >= 4 is 75.6 Å². The highest BCUT2D eigenvalue weighted by atomic mass is 32.1. The average Bonchev–Trinajstić information content (AvgIpc) is 3.64. The minimum atomic E-state index is -0.0748. The normalized spacial score (nSPS) is 12.2. The molecule has 7 rings (SSSR count). The monoisotopic (exact) mass is 548 g/mol. The summed E-state index contributed by atoms with van der Waals surface area (Å²) in [6, 6.07) is 12.7. The van der Waals surface area contributed by atoms with Crippen LogP contribution in [0.1, 0.15) is 26.2 Å². The van der Waals surface area contributed by atoms with E-state index in [0.29, 0.717) is 0 Å². The van der Waals surface area contributed by atoms with Crippen LogP contribution in [0.25, 0.3) is 62.7 Å². The Hall–Kier alpha value is -2.71. The third kappa shape index (κ3) is 3.16. The Bertz CT molecular complexity index is 1970. The SMILES string of the molecule is Cc1ccc(-c2c(-c3ccc(C)o3)c3sc(-c4sc(C)c5c(F)c(C)sc45)cc3c3cc(C)sc23)o1. The van der Waals surface area contributed by atoms with Crippen LogP contribution in [0.15, 0.2) is 45.2 Å². The standard InChI is InChI=1S/C29H21FO2S4/c1-12-6-8-19(31-12)23-24(20-9-7-13(2)32-20)27-18(17-10-14(3)33-26(17)23)11-21(36-27)28-29-22(15(4)34-28)25(30)16(5)35-29/h6-11H,1-5H3. The van der Waals surface area contributed by atoms with Gasteiger partial charge in [-0.05, 0) is 71.0 Å². The van der Waals surface area contributed by atoms with Crippen LogP contribution in [0.5, 0.6) is 0 Å². The highest BCUT2D eigenvalue weighted by molar-refractivity contribution is 7.31. The number of hydrogen-bond donors (Lipinski definition) is 0. The highest BCUT2D eigenvalue weighted by Crippen LogP contribution is 2.54. The van der Waals surface area contributed by atoms with Crippen molar-refractivity contribution in [3.05, 3.63) is 68.4 Å². The number of rotatable bonds is 3. The molecule has 180 valence electrons. The van der Waals surface area contributed by atoms with Crippen LogP contribution in [0.3, 0.4) is 0 Å². The van der Waals surface area contributed by atoms with E-state index in [1.165, 1.54) is 25.0 Å². The van der Waals surface area contributed by atoms with E-state index in [-0.39, 0.29) is 5.82 Å². The molecule has 0 amide bonds. The van der Waals surface area contributed by atoms with Crippen molar-refractivity contribution in [1.29, 1.82) is 0 Å². The van der Waals surface area contributed by atoms with E-state index in [1.54, 1.807) is 45.3 Å². The molecule has 7 heteroatoms. The quantitative estimate of drug-likeness (QED) is 0.219. The molecule has 0 aliphatic carbocycles. The van der Waals surface area contributed by atoms with Gasteiger partial charge >= 0.3 is 0 Å². The molecule has 0 atom stereocenters. The van der Waals surface area contributed by atoms with E-state index in [9.17, 15) is 4.39 Å². The molecule has 0 aliphatic heterocycles. The molecule has 6 heterocycles. The van der Waals surface area contributed by atoms with Gasteiger partial charge in [-0.25, -0.2) is 4.39 Å². The molecule has 0 radical (unpaired) electrons. The lowest BCUT2D eigenvalue weighted by Crippen LogP contribution is -1.84. The first-order valence-electron chi connectivity index (χ1n) is 11.6. The van der Waals surface area contributed by atoms with Crippen molar-refractivity contribution in [3.8, 4) is 32.4 Å². The van der Waals surface area contributed by atoms with Crippen molar-refractivity contribution in [1.82, 2.24) is 0 Å². The summed E-state index contributed by atoms with van der Waals surface area (Å²) in [5, 5.41) is 3.21. The Labute approximate surface area is 223 Å². The van der Waals surface area contributed by atoms with Gasteiger partial charge in [-0.2, -0.15) is 0 Å². The number of thiophene rings is 4. The number of aryl methyl sites for hydroxylation is 5. The number of halogens is 1. The number of fused-ring (bicyclic) bond motifs is 4. The summed E-state index contributed by atoms with van der Waals surface area (Å²) in [5.41, 5.74) is 2.15. The maximum absolute atomic E-state index is 14.9. The molecule has 6 aromatic heterocycles. The van der Waals surface area contributed by atoms with Gasteiger partial charge in [0.25, 0.3) is 0 Å². The van der Waals surface area contributed by atoms with Crippen LogP contribution in [0, 0.1) is 40.4 Å². The van der Waals surface area contributed by atoms with E-state index in [0.717, 1.165) is 63.8 Å². The van der Waals surface area contributed by atoms with Crippen molar-refractivity contribution in [2.24, 2.45) is 0 Å². The fraction of sp³-hybridized carbons (Fsp3) is 0.172. The van der Waals surface area contributed by atoms with Crippen LogP contribution in [0.2, 0.25) is 0 Å². The van der Waals surface area contributed by atoms with E-state index >= 15 is 0 Å². The summed E-state index contributed by atoms with van der Waals surface area (Å²) in [6.45, 7) is 10.00. The highest BCUT2D eigenvalue weighted by Gasteiger charge is 2.26. The zero-order valence-corrected chi connectivity index (χ0v) is 23.6. The molecule has 0 fully saturated rings. The van der Waals surface area contributed by atoms with Crippen LogP contribution in [-0.2, 0) is 0 Å². The lowest BCUT2D eigenvalue weighted by molar-refractivity contribution is 0.543. The zero-order valence-electron chi connectivity index (χ0n) is 20.3. The van der Waals surface area contributed by atoms with Gasteiger partial charge in [0, 0.05) is 56.2 Å².